The molecule has 0 spiro atoms. The van der Waals surface area contributed by atoms with Crippen molar-refractivity contribution in [2.24, 2.45) is 0 Å². The SMILES string of the molecule is CC(=O)Nc1ccc(NC(=O)[C@@H](C)c2ccc3c(c2)[nH]c2ccc(Cl)cc23)cc1. The second-order valence-corrected chi connectivity index (χ2v) is 7.53. The van der Waals surface area contributed by atoms with Gasteiger partial charge in [0.25, 0.3) is 0 Å². The molecule has 5 nitrogen and oxygen atoms in total. The molecule has 4 rings (SSSR count). The first-order valence-electron chi connectivity index (χ1n) is 9.30. The Hall–Kier alpha value is -3.31. The average Bonchev–Trinajstić information content (AvgIpc) is 3.05. The summed E-state index contributed by atoms with van der Waals surface area (Å²) in [7, 11) is 0. The van der Waals surface area contributed by atoms with Gasteiger partial charge in [0.15, 0.2) is 0 Å². The molecule has 0 unspecified atom stereocenters. The number of hydrogen-bond acceptors (Lipinski definition) is 2. The van der Waals surface area contributed by atoms with Crippen molar-refractivity contribution in [1.29, 1.82) is 0 Å². The fourth-order valence-corrected chi connectivity index (χ4v) is 3.58. The van der Waals surface area contributed by atoms with Crippen LogP contribution in [0.1, 0.15) is 25.3 Å². The Morgan fingerprint density at radius 1 is 0.862 bits per heavy atom. The summed E-state index contributed by atoms with van der Waals surface area (Å²) in [6.07, 6.45) is 0. The van der Waals surface area contributed by atoms with E-state index in [9.17, 15) is 9.59 Å². The second kappa shape index (κ2) is 7.60. The van der Waals surface area contributed by atoms with Gasteiger partial charge >= 0.3 is 0 Å². The Morgan fingerprint density at radius 2 is 1.55 bits per heavy atom. The van der Waals surface area contributed by atoms with E-state index in [0.29, 0.717) is 16.4 Å². The third kappa shape index (κ3) is 3.96. The lowest BCUT2D eigenvalue weighted by Crippen LogP contribution is -2.18. The maximum atomic E-state index is 12.7. The molecule has 146 valence electrons. The maximum Gasteiger partial charge on any atom is 0.231 e. The lowest BCUT2D eigenvalue weighted by Gasteiger charge is -2.13. The topological polar surface area (TPSA) is 74.0 Å². The lowest BCUT2D eigenvalue weighted by molar-refractivity contribution is -0.117. The van der Waals surface area contributed by atoms with Gasteiger partial charge in [-0.3, -0.25) is 9.59 Å². The van der Waals surface area contributed by atoms with E-state index in [-0.39, 0.29) is 17.7 Å². The Balaban J connectivity index is 1.54. The van der Waals surface area contributed by atoms with Crippen molar-refractivity contribution in [2.45, 2.75) is 19.8 Å². The quantitative estimate of drug-likeness (QED) is 0.409. The molecule has 1 aromatic heterocycles. The van der Waals surface area contributed by atoms with Gasteiger partial charge in [0, 0.05) is 45.1 Å². The smallest absolute Gasteiger partial charge is 0.231 e. The summed E-state index contributed by atoms with van der Waals surface area (Å²) < 4.78 is 0. The van der Waals surface area contributed by atoms with Crippen LogP contribution in [0.15, 0.2) is 60.7 Å². The minimum Gasteiger partial charge on any atom is -0.355 e. The summed E-state index contributed by atoms with van der Waals surface area (Å²) in [6, 6.07) is 18.8. The summed E-state index contributed by atoms with van der Waals surface area (Å²) >= 11 is 6.12. The van der Waals surface area contributed by atoms with Crippen LogP contribution in [-0.4, -0.2) is 16.8 Å². The summed E-state index contributed by atoms with van der Waals surface area (Å²) in [4.78, 5) is 27.2. The van der Waals surface area contributed by atoms with Crippen molar-refractivity contribution >= 4 is 56.6 Å². The molecule has 29 heavy (non-hydrogen) atoms. The molecular weight excluding hydrogens is 386 g/mol. The minimum atomic E-state index is -0.329. The van der Waals surface area contributed by atoms with Crippen LogP contribution in [0.4, 0.5) is 11.4 Å². The lowest BCUT2D eigenvalue weighted by atomic mass is 9.98. The Labute approximate surface area is 173 Å². The predicted octanol–water partition coefficient (Wildman–Crippen LogP) is 5.68. The van der Waals surface area contributed by atoms with Crippen molar-refractivity contribution in [2.75, 3.05) is 10.6 Å². The Morgan fingerprint density at radius 3 is 2.24 bits per heavy atom. The van der Waals surface area contributed by atoms with Gasteiger partial charge in [-0.05, 0) is 61.0 Å². The van der Waals surface area contributed by atoms with Crippen LogP contribution >= 0.6 is 11.6 Å². The molecule has 3 N–H and O–H groups in total. The number of H-pyrrole nitrogens is 1. The van der Waals surface area contributed by atoms with Crippen molar-refractivity contribution in [3.8, 4) is 0 Å². The van der Waals surface area contributed by atoms with Crippen LogP contribution in [0.3, 0.4) is 0 Å². The number of fused-ring (bicyclic) bond motifs is 3. The monoisotopic (exact) mass is 405 g/mol. The van der Waals surface area contributed by atoms with E-state index in [1.54, 1.807) is 24.3 Å². The molecule has 1 heterocycles. The first-order valence-corrected chi connectivity index (χ1v) is 9.68. The number of halogens is 1. The van der Waals surface area contributed by atoms with E-state index in [4.69, 9.17) is 11.6 Å². The highest BCUT2D eigenvalue weighted by molar-refractivity contribution is 6.31. The normalized spacial score (nSPS) is 12.1. The van der Waals surface area contributed by atoms with Crippen molar-refractivity contribution in [1.82, 2.24) is 4.98 Å². The fraction of sp³-hybridized carbons (Fsp3) is 0.130. The molecule has 0 radical (unpaired) electrons. The van der Waals surface area contributed by atoms with Gasteiger partial charge in [-0.25, -0.2) is 0 Å². The van der Waals surface area contributed by atoms with E-state index in [2.05, 4.69) is 15.6 Å². The van der Waals surface area contributed by atoms with Crippen LogP contribution in [0, 0.1) is 0 Å². The molecule has 0 saturated heterocycles. The third-order valence-electron chi connectivity index (χ3n) is 4.95. The number of hydrogen-bond donors (Lipinski definition) is 3. The van der Waals surface area contributed by atoms with E-state index in [1.165, 1.54) is 6.92 Å². The molecule has 0 saturated carbocycles. The van der Waals surface area contributed by atoms with Crippen LogP contribution in [-0.2, 0) is 9.59 Å². The molecule has 1 atom stereocenters. The van der Waals surface area contributed by atoms with E-state index in [1.807, 2.05) is 43.3 Å². The van der Waals surface area contributed by atoms with Gasteiger partial charge in [0.2, 0.25) is 11.8 Å². The van der Waals surface area contributed by atoms with Crippen LogP contribution < -0.4 is 10.6 Å². The standard InChI is InChI=1S/C23H20ClN3O2/c1-13(23(29)26-18-7-5-17(6-8-18)25-14(2)28)15-3-9-19-20-12-16(24)4-10-21(20)27-22(19)11-15/h3-13,27H,1-2H3,(H,25,28)(H,26,29)/t13-/m0/s1. The number of anilines is 2. The molecule has 0 aliphatic carbocycles. The molecule has 0 bridgehead atoms. The van der Waals surface area contributed by atoms with Gasteiger partial charge < -0.3 is 15.6 Å². The third-order valence-corrected chi connectivity index (χ3v) is 5.19. The number of carbonyl (C=O) groups excluding carboxylic acids is 2. The number of aromatic amines is 1. The molecule has 0 aliphatic heterocycles. The number of rotatable bonds is 4. The van der Waals surface area contributed by atoms with Gasteiger partial charge in [-0.1, -0.05) is 23.7 Å². The van der Waals surface area contributed by atoms with Gasteiger partial charge in [-0.15, -0.1) is 0 Å². The zero-order valence-corrected chi connectivity index (χ0v) is 16.8. The predicted molar refractivity (Wildman–Crippen MR) is 119 cm³/mol. The maximum absolute atomic E-state index is 12.7. The fourth-order valence-electron chi connectivity index (χ4n) is 3.40. The zero-order chi connectivity index (χ0) is 20.5. The number of benzene rings is 3. The highest BCUT2D eigenvalue weighted by atomic mass is 35.5. The van der Waals surface area contributed by atoms with E-state index >= 15 is 0 Å². The van der Waals surface area contributed by atoms with Crippen molar-refractivity contribution < 1.29 is 9.59 Å². The zero-order valence-electron chi connectivity index (χ0n) is 16.0. The van der Waals surface area contributed by atoms with E-state index < -0.39 is 0 Å². The summed E-state index contributed by atoms with van der Waals surface area (Å²) in [5.74, 6) is -0.565. The molecule has 0 fully saturated rings. The second-order valence-electron chi connectivity index (χ2n) is 7.09. The Kier molecular flexibility index (Phi) is 4.99. The number of aromatic nitrogens is 1. The molecule has 4 aromatic rings. The van der Waals surface area contributed by atoms with Gasteiger partial charge in [0.1, 0.15) is 0 Å². The van der Waals surface area contributed by atoms with Crippen LogP contribution in [0.25, 0.3) is 21.8 Å². The van der Waals surface area contributed by atoms with Crippen LogP contribution in [0.2, 0.25) is 5.02 Å². The summed E-state index contributed by atoms with van der Waals surface area (Å²) in [5, 5.41) is 8.46. The first kappa shape index (κ1) is 19.0. The minimum absolute atomic E-state index is 0.101. The molecule has 0 aliphatic rings. The molecule has 2 amide bonds. The van der Waals surface area contributed by atoms with Gasteiger partial charge in [-0.2, -0.15) is 0 Å². The van der Waals surface area contributed by atoms with Crippen molar-refractivity contribution in [3.05, 3.63) is 71.2 Å². The van der Waals surface area contributed by atoms with Crippen LogP contribution in [0.5, 0.6) is 0 Å². The highest BCUT2D eigenvalue weighted by Gasteiger charge is 2.17. The highest BCUT2D eigenvalue weighted by Crippen LogP contribution is 2.30. The largest absolute Gasteiger partial charge is 0.355 e. The van der Waals surface area contributed by atoms with Gasteiger partial charge in [0.05, 0.1) is 5.92 Å². The molecule has 6 heteroatoms. The first-order chi connectivity index (χ1) is 13.9. The summed E-state index contributed by atoms with van der Waals surface area (Å²) in [5.41, 5.74) is 4.27. The summed E-state index contributed by atoms with van der Waals surface area (Å²) in [6.45, 7) is 3.33. The molecular formula is C23H20ClN3O2. The van der Waals surface area contributed by atoms with E-state index in [0.717, 1.165) is 27.4 Å². The number of amides is 2. The molecule has 3 aromatic carbocycles. The number of carbonyl (C=O) groups is 2. The average molecular weight is 406 g/mol. The van der Waals surface area contributed by atoms with Crippen molar-refractivity contribution in [3.63, 3.8) is 0 Å². The number of nitrogens with one attached hydrogen (secondary N) is 3. The Bertz CT molecular complexity index is 1230.